The summed E-state index contributed by atoms with van der Waals surface area (Å²) in [6.45, 7) is 6.95. The second kappa shape index (κ2) is 6.59. The van der Waals surface area contributed by atoms with Crippen LogP contribution in [0.4, 0.5) is 5.69 Å². The van der Waals surface area contributed by atoms with Crippen molar-refractivity contribution in [3.8, 4) is 0 Å². The molecule has 3 nitrogen and oxygen atoms in total. The maximum absolute atomic E-state index is 3.68. The summed E-state index contributed by atoms with van der Waals surface area (Å²) in [5.41, 5.74) is 3.15. The fraction of sp³-hybridized carbons (Fsp3) is 0.647. The second-order valence-corrected chi connectivity index (χ2v) is 6.74. The van der Waals surface area contributed by atoms with E-state index in [9.17, 15) is 0 Å². The number of piperidine rings is 1. The zero-order valence-corrected chi connectivity index (χ0v) is 13.4. The Labute approximate surface area is 124 Å². The van der Waals surface area contributed by atoms with Gasteiger partial charge >= 0.3 is 0 Å². The monoisotopic (exact) mass is 275 g/mol. The Kier molecular flexibility index (Phi) is 5.06. The minimum Gasteiger partial charge on any atom is -0.377 e. The second-order valence-electron chi connectivity index (χ2n) is 6.74. The van der Waals surface area contributed by atoms with Crippen molar-refractivity contribution in [2.75, 3.05) is 45.7 Å². The number of para-hydroxylation sites is 1. The van der Waals surface area contributed by atoms with Crippen LogP contribution in [-0.2, 0) is 6.54 Å². The molecule has 1 N–H and O–H groups in total. The number of anilines is 1. The molecule has 1 aromatic carbocycles. The van der Waals surface area contributed by atoms with Crippen LogP contribution in [0.25, 0.3) is 0 Å². The summed E-state index contributed by atoms with van der Waals surface area (Å²) in [7, 11) is 6.44. The molecule has 0 amide bonds. The predicted molar refractivity (Wildman–Crippen MR) is 87.3 cm³/mol. The normalized spacial score (nSPS) is 19.0. The number of hydrogen-bond acceptors (Lipinski definition) is 3. The lowest BCUT2D eigenvalue weighted by Gasteiger charge is -2.38. The van der Waals surface area contributed by atoms with Crippen LogP contribution in [0.5, 0.6) is 0 Å². The van der Waals surface area contributed by atoms with E-state index in [0.29, 0.717) is 5.41 Å². The molecule has 0 bridgehead atoms. The van der Waals surface area contributed by atoms with Crippen molar-refractivity contribution in [1.29, 1.82) is 0 Å². The first-order chi connectivity index (χ1) is 9.50. The molecule has 0 aromatic heterocycles. The first-order valence-electron chi connectivity index (χ1n) is 7.65. The van der Waals surface area contributed by atoms with Crippen LogP contribution in [0.1, 0.15) is 25.3 Å². The van der Waals surface area contributed by atoms with E-state index in [-0.39, 0.29) is 0 Å². The largest absolute Gasteiger partial charge is 0.377 e. The molecule has 0 unspecified atom stereocenters. The van der Waals surface area contributed by atoms with Crippen molar-refractivity contribution in [2.45, 2.75) is 26.3 Å². The highest BCUT2D eigenvalue weighted by Crippen LogP contribution is 2.29. The topological polar surface area (TPSA) is 18.5 Å². The van der Waals surface area contributed by atoms with Gasteiger partial charge in [-0.15, -0.1) is 0 Å². The Balaban J connectivity index is 1.87. The molecule has 0 spiro atoms. The molecule has 112 valence electrons. The minimum absolute atomic E-state index is 0.458. The predicted octanol–water partition coefficient (Wildman–Crippen LogP) is 2.57. The lowest BCUT2D eigenvalue weighted by Crippen LogP contribution is -2.41. The molecule has 20 heavy (non-hydrogen) atoms. The molecule has 0 radical (unpaired) electrons. The van der Waals surface area contributed by atoms with Gasteiger partial charge in [0.1, 0.15) is 0 Å². The molecular formula is C17H29N3. The van der Waals surface area contributed by atoms with Gasteiger partial charge in [0.05, 0.1) is 0 Å². The first-order valence-corrected chi connectivity index (χ1v) is 7.65. The summed E-state index contributed by atoms with van der Waals surface area (Å²) >= 11 is 0. The standard InChI is InChI=1S/C17H29N3/c1-17(9-11-20(4)12-10-17)14-18-13-15-7-5-6-8-16(15)19(2)3/h5-8,18H,9-14H2,1-4H3. The number of benzene rings is 1. The minimum atomic E-state index is 0.458. The Hall–Kier alpha value is -1.06. The van der Waals surface area contributed by atoms with Crippen LogP contribution in [-0.4, -0.2) is 45.7 Å². The SMILES string of the molecule is CN1CCC(C)(CNCc2ccccc2N(C)C)CC1. The molecule has 1 aliphatic heterocycles. The maximum atomic E-state index is 3.68. The van der Waals surface area contributed by atoms with Gasteiger partial charge in [-0.3, -0.25) is 0 Å². The molecule has 1 saturated heterocycles. The Bertz CT molecular complexity index is 420. The number of nitrogens with zero attached hydrogens (tertiary/aromatic N) is 2. The Morgan fingerprint density at radius 2 is 1.85 bits per heavy atom. The van der Waals surface area contributed by atoms with Crippen molar-refractivity contribution in [2.24, 2.45) is 5.41 Å². The molecule has 1 heterocycles. The van der Waals surface area contributed by atoms with E-state index in [1.165, 1.54) is 37.2 Å². The van der Waals surface area contributed by atoms with Crippen LogP contribution < -0.4 is 10.2 Å². The van der Waals surface area contributed by atoms with Gasteiger partial charge in [-0.25, -0.2) is 0 Å². The molecule has 0 atom stereocenters. The van der Waals surface area contributed by atoms with E-state index >= 15 is 0 Å². The third kappa shape index (κ3) is 3.97. The van der Waals surface area contributed by atoms with Gasteiger partial charge in [-0.05, 0) is 50.0 Å². The van der Waals surface area contributed by atoms with E-state index in [0.717, 1.165) is 13.1 Å². The van der Waals surface area contributed by atoms with Crippen molar-refractivity contribution >= 4 is 5.69 Å². The summed E-state index contributed by atoms with van der Waals surface area (Å²) in [4.78, 5) is 4.62. The van der Waals surface area contributed by atoms with Crippen molar-refractivity contribution in [1.82, 2.24) is 10.2 Å². The summed E-state index contributed by atoms with van der Waals surface area (Å²) in [5.74, 6) is 0. The summed E-state index contributed by atoms with van der Waals surface area (Å²) in [5, 5.41) is 3.68. The van der Waals surface area contributed by atoms with Gasteiger partial charge in [-0.2, -0.15) is 0 Å². The summed E-state index contributed by atoms with van der Waals surface area (Å²) in [6, 6.07) is 8.64. The van der Waals surface area contributed by atoms with Gasteiger partial charge in [0, 0.05) is 32.9 Å². The number of hydrogen-bond donors (Lipinski definition) is 1. The number of rotatable bonds is 5. The molecule has 1 aliphatic rings. The van der Waals surface area contributed by atoms with Gasteiger partial charge in [-0.1, -0.05) is 25.1 Å². The van der Waals surface area contributed by atoms with Crippen molar-refractivity contribution in [3.05, 3.63) is 29.8 Å². The number of likely N-dealkylation sites (tertiary alicyclic amines) is 1. The molecule has 3 heteroatoms. The van der Waals surface area contributed by atoms with Crippen molar-refractivity contribution in [3.63, 3.8) is 0 Å². The van der Waals surface area contributed by atoms with Gasteiger partial charge in [0.2, 0.25) is 0 Å². The maximum Gasteiger partial charge on any atom is 0.0406 e. The summed E-state index contributed by atoms with van der Waals surface area (Å²) < 4.78 is 0. The highest BCUT2D eigenvalue weighted by molar-refractivity contribution is 5.52. The average Bonchev–Trinajstić information content (AvgIpc) is 2.43. The van der Waals surface area contributed by atoms with Crippen LogP contribution in [0.15, 0.2) is 24.3 Å². The van der Waals surface area contributed by atoms with Gasteiger partial charge in [0.25, 0.3) is 0 Å². The van der Waals surface area contributed by atoms with E-state index in [4.69, 9.17) is 0 Å². The van der Waals surface area contributed by atoms with E-state index < -0.39 is 0 Å². The number of nitrogens with one attached hydrogen (secondary N) is 1. The lowest BCUT2D eigenvalue weighted by molar-refractivity contribution is 0.137. The van der Waals surface area contributed by atoms with E-state index in [1.807, 2.05) is 0 Å². The van der Waals surface area contributed by atoms with Crippen LogP contribution >= 0.6 is 0 Å². The van der Waals surface area contributed by atoms with Crippen LogP contribution in [0.2, 0.25) is 0 Å². The zero-order valence-electron chi connectivity index (χ0n) is 13.4. The smallest absolute Gasteiger partial charge is 0.0406 e. The molecule has 1 fully saturated rings. The first kappa shape index (κ1) is 15.3. The van der Waals surface area contributed by atoms with Crippen molar-refractivity contribution < 1.29 is 0 Å². The molecule has 0 saturated carbocycles. The third-order valence-corrected chi connectivity index (χ3v) is 4.53. The Morgan fingerprint density at radius 3 is 2.50 bits per heavy atom. The summed E-state index contributed by atoms with van der Waals surface area (Å²) in [6.07, 6.45) is 2.59. The van der Waals surface area contributed by atoms with Crippen LogP contribution in [0.3, 0.4) is 0 Å². The molecular weight excluding hydrogens is 246 g/mol. The molecule has 2 rings (SSSR count). The fourth-order valence-electron chi connectivity index (χ4n) is 2.93. The highest BCUT2D eigenvalue weighted by atomic mass is 15.1. The van der Waals surface area contributed by atoms with Gasteiger partial charge in [0.15, 0.2) is 0 Å². The molecule has 1 aromatic rings. The van der Waals surface area contributed by atoms with Gasteiger partial charge < -0.3 is 15.1 Å². The highest BCUT2D eigenvalue weighted by Gasteiger charge is 2.28. The van der Waals surface area contributed by atoms with E-state index in [1.54, 1.807) is 0 Å². The zero-order chi connectivity index (χ0) is 14.6. The molecule has 0 aliphatic carbocycles. The average molecular weight is 275 g/mol. The van der Waals surface area contributed by atoms with E-state index in [2.05, 4.69) is 67.4 Å². The third-order valence-electron chi connectivity index (χ3n) is 4.53. The quantitative estimate of drug-likeness (QED) is 0.891. The Morgan fingerprint density at radius 1 is 1.20 bits per heavy atom. The lowest BCUT2D eigenvalue weighted by atomic mass is 9.80. The van der Waals surface area contributed by atoms with Crippen LogP contribution in [0, 0.1) is 5.41 Å². The fourth-order valence-corrected chi connectivity index (χ4v) is 2.93.